The predicted octanol–water partition coefficient (Wildman–Crippen LogP) is 3.14. The lowest BCUT2D eigenvalue weighted by Gasteiger charge is -2.19. The lowest BCUT2D eigenvalue weighted by atomic mass is 9.86. The molecule has 0 saturated heterocycles. The van der Waals surface area contributed by atoms with Crippen LogP contribution in [0.4, 0.5) is 0 Å². The van der Waals surface area contributed by atoms with Gasteiger partial charge in [0.1, 0.15) is 0 Å². The Balaban J connectivity index is 2.11. The Labute approximate surface area is 117 Å². The number of carboxylic acids is 1. The highest BCUT2D eigenvalue weighted by atomic mass is 79.9. The van der Waals surface area contributed by atoms with E-state index in [2.05, 4.69) is 26.1 Å². The zero-order chi connectivity index (χ0) is 14.0. The van der Waals surface area contributed by atoms with Crippen LogP contribution in [0, 0.1) is 5.41 Å². The molecule has 0 unspecified atom stereocenters. The van der Waals surface area contributed by atoms with Crippen molar-refractivity contribution < 1.29 is 18.7 Å². The predicted molar refractivity (Wildman–Crippen MR) is 69.4 cm³/mol. The van der Waals surface area contributed by atoms with E-state index in [4.69, 9.17) is 13.9 Å². The molecule has 0 radical (unpaired) electrons. The minimum atomic E-state index is -0.847. The first-order valence-corrected chi connectivity index (χ1v) is 6.45. The van der Waals surface area contributed by atoms with Gasteiger partial charge >= 0.3 is 5.97 Å². The van der Waals surface area contributed by atoms with Crippen LogP contribution >= 0.6 is 15.9 Å². The third kappa shape index (κ3) is 3.66. The van der Waals surface area contributed by atoms with Crippen LogP contribution in [0.3, 0.4) is 0 Å². The molecule has 0 fully saturated rings. The molecule has 0 bridgehead atoms. The summed E-state index contributed by atoms with van der Waals surface area (Å²) in [6.45, 7) is 3.68. The first kappa shape index (κ1) is 13.8. The van der Waals surface area contributed by atoms with E-state index < -0.39 is 11.4 Å². The van der Waals surface area contributed by atoms with Crippen molar-refractivity contribution >= 4 is 21.9 Å². The summed E-state index contributed by atoms with van der Waals surface area (Å²) in [7, 11) is 0. The van der Waals surface area contributed by atoms with Crippen molar-refractivity contribution in [1.29, 1.82) is 0 Å². The maximum absolute atomic E-state index is 10.7. The van der Waals surface area contributed by atoms with E-state index in [1.807, 2.05) is 13.8 Å². The Bertz CT molecular complexity index is 588. The van der Waals surface area contributed by atoms with Crippen molar-refractivity contribution in [3.8, 4) is 11.7 Å². The molecular weight excluding hydrogens is 316 g/mol. The number of hydrogen-bond donors (Lipinski definition) is 1. The van der Waals surface area contributed by atoms with Crippen molar-refractivity contribution in [1.82, 2.24) is 10.2 Å². The Morgan fingerprint density at radius 2 is 2.11 bits per heavy atom. The quantitative estimate of drug-likeness (QED) is 0.906. The lowest BCUT2D eigenvalue weighted by Crippen LogP contribution is -2.19. The number of aromatic nitrogens is 2. The topological polar surface area (TPSA) is 89.4 Å². The van der Waals surface area contributed by atoms with Gasteiger partial charge in [-0.25, -0.2) is 0 Å². The Morgan fingerprint density at radius 1 is 1.37 bits per heavy atom. The largest absolute Gasteiger partial charge is 0.481 e. The Kier molecular flexibility index (Phi) is 3.75. The van der Waals surface area contributed by atoms with Crippen molar-refractivity contribution in [2.45, 2.75) is 26.7 Å². The van der Waals surface area contributed by atoms with Crippen LogP contribution in [0.5, 0.6) is 0 Å². The second-order valence-electron chi connectivity index (χ2n) is 5.02. The van der Waals surface area contributed by atoms with Gasteiger partial charge in [-0.2, -0.15) is 0 Å². The molecule has 6 nitrogen and oxygen atoms in total. The van der Waals surface area contributed by atoms with Crippen LogP contribution in [0.15, 0.2) is 25.6 Å². The minimum Gasteiger partial charge on any atom is -0.481 e. The Hall–Kier alpha value is -1.63. The van der Waals surface area contributed by atoms with Gasteiger partial charge in [0.15, 0.2) is 10.4 Å². The molecule has 2 rings (SSSR count). The third-order valence-electron chi connectivity index (χ3n) is 2.51. The number of halogens is 1. The number of nitrogens with zero attached hydrogens (tertiary/aromatic N) is 2. The van der Waals surface area contributed by atoms with E-state index in [9.17, 15) is 4.79 Å². The normalized spacial score (nSPS) is 11.7. The summed E-state index contributed by atoms with van der Waals surface area (Å²) < 4.78 is 11.4. The summed E-state index contributed by atoms with van der Waals surface area (Å²) >= 11 is 3.19. The van der Waals surface area contributed by atoms with Gasteiger partial charge in [0, 0.05) is 6.42 Å². The lowest BCUT2D eigenvalue weighted by molar-refractivity contribution is -0.139. The fraction of sp³-hybridized carbons (Fsp3) is 0.417. The number of rotatable bonds is 5. The zero-order valence-electron chi connectivity index (χ0n) is 10.5. The van der Waals surface area contributed by atoms with Crippen LogP contribution < -0.4 is 0 Å². The van der Waals surface area contributed by atoms with Crippen molar-refractivity contribution in [3.63, 3.8) is 0 Å². The summed E-state index contributed by atoms with van der Waals surface area (Å²) in [5, 5.41) is 16.6. The highest BCUT2D eigenvalue weighted by Gasteiger charge is 2.25. The molecule has 0 saturated carbocycles. The smallest absolute Gasteiger partial charge is 0.303 e. The van der Waals surface area contributed by atoms with E-state index >= 15 is 0 Å². The molecule has 0 aromatic carbocycles. The van der Waals surface area contributed by atoms with Gasteiger partial charge in [0.2, 0.25) is 5.89 Å². The first-order chi connectivity index (χ1) is 8.85. The summed E-state index contributed by atoms with van der Waals surface area (Å²) in [6.07, 6.45) is 0.436. The highest BCUT2D eigenvalue weighted by Crippen LogP contribution is 2.28. The van der Waals surface area contributed by atoms with Crippen LogP contribution in [0.2, 0.25) is 0 Å². The number of furan rings is 1. The highest BCUT2D eigenvalue weighted by molar-refractivity contribution is 9.10. The van der Waals surface area contributed by atoms with Crippen LogP contribution in [-0.4, -0.2) is 21.3 Å². The van der Waals surface area contributed by atoms with E-state index in [0.29, 0.717) is 22.7 Å². The molecule has 2 aromatic heterocycles. The number of carboxylic acid groups (broad SMARTS) is 1. The molecule has 102 valence electrons. The molecular formula is C12H13BrN2O4. The molecule has 1 N–H and O–H groups in total. The molecule has 0 atom stereocenters. The van der Waals surface area contributed by atoms with Gasteiger partial charge in [-0.1, -0.05) is 13.8 Å². The maximum atomic E-state index is 10.7. The number of carbonyl (C=O) groups is 1. The summed E-state index contributed by atoms with van der Waals surface area (Å²) in [5.41, 5.74) is -0.445. The summed E-state index contributed by atoms with van der Waals surface area (Å²) in [4.78, 5) is 10.7. The molecule has 0 aliphatic carbocycles. The molecule has 0 aliphatic rings. The molecule has 0 amide bonds. The second kappa shape index (κ2) is 5.16. The van der Waals surface area contributed by atoms with Crippen LogP contribution in [-0.2, 0) is 11.2 Å². The van der Waals surface area contributed by atoms with Gasteiger partial charge in [-0.3, -0.25) is 4.79 Å². The zero-order valence-corrected chi connectivity index (χ0v) is 12.1. The van der Waals surface area contributed by atoms with E-state index in [1.54, 1.807) is 12.1 Å². The minimum absolute atomic E-state index is 0.0387. The number of hydrogen-bond acceptors (Lipinski definition) is 5. The van der Waals surface area contributed by atoms with Gasteiger partial charge in [0.25, 0.3) is 5.89 Å². The van der Waals surface area contributed by atoms with E-state index in [0.717, 1.165) is 0 Å². The fourth-order valence-corrected chi connectivity index (χ4v) is 2.04. The van der Waals surface area contributed by atoms with Crippen LogP contribution in [0.25, 0.3) is 11.7 Å². The molecule has 0 aliphatic heterocycles. The average Bonchev–Trinajstić information content (AvgIpc) is 2.84. The van der Waals surface area contributed by atoms with Crippen molar-refractivity contribution in [2.24, 2.45) is 5.41 Å². The second-order valence-corrected chi connectivity index (χ2v) is 5.80. The summed E-state index contributed by atoms with van der Waals surface area (Å²) in [6, 6.07) is 3.44. The fourth-order valence-electron chi connectivity index (χ4n) is 1.74. The van der Waals surface area contributed by atoms with E-state index in [1.165, 1.54) is 0 Å². The number of aliphatic carboxylic acids is 1. The standard InChI is InChI=1S/C12H13BrN2O4/c1-12(2,6-10(16)17)5-9-14-15-11(19-9)7-3-4-8(13)18-7/h3-4H,5-6H2,1-2H3,(H,16,17). The van der Waals surface area contributed by atoms with Gasteiger partial charge in [-0.05, 0) is 33.5 Å². The van der Waals surface area contributed by atoms with Crippen molar-refractivity contribution in [3.05, 3.63) is 22.7 Å². The molecule has 0 spiro atoms. The molecule has 7 heteroatoms. The van der Waals surface area contributed by atoms with Gasteiger partial charge < -0.3 is 13.9 Å². The van der Waals surface area contributed by atoms with Crippen LogP contribution in [0.1, 0.15) is 26.2 Å². The Morgan fingerprint density at radius 3 is 2.68 bits per heavy atom. The molecule has 19 heavy (non-hydrogen) atoms. The SMILES string of the molecule is CC(C)(CC(=O)O)Cc1nnc(-c2ccc(Br)o2)o1. The monoisotopic (exact) mass is 328 g/mol. The van der Waals surface area contributed by atoms with E-state index in [-0.39, 0.29) is 12.3 Å². The third-order valence-corrected chi connectivity index (χ3v) is 2.94. The average molecular weight is 329 g/mol. The maximum Gasteiger partial charge on any atom is 0.303 e. The van der Waals surface area contributed by atoms with Gasteiger partial charge in [0.05, 0.1) is 6.42 Å². The molecule has 2 aromatic rings. The first-order valence-electron chi connectivity index (χ1n) is 5.66. The molecule has 2 heterocycles. The summed E-state index contributed by atoms with van der Waals surface area (Å²) in [5.74, 6) is 0.307. The van der Waals surface area contributed by atoms with Gasteiger partial charge in [-0.15, -0.1) is 10.2 Å². The van der Waals surface area contributed by atoms with Crippen molar-refractivity contribution in [2.75, 3.05) is 0 Å².